The molecule has 0 amide bonds. The third-order valence-electron chi connectivity index (χ3n) is 9.24. The van der Waals surface area contributed by atoms with Gasteiger partial charge >= 0.3 is 0 Å². The maximum Gasteiger partial charge on any atom is 0.0725 e. The fraction of sp³-hybridized carbons (Fsp3) is 0.0244. The van der Waals surface area contributed by atoms with Gasteiger partial charge in [-0.05, 0) is 103 Å². The smallest absolute Gasteiger partial charge is 0.0725 e. The Bertz CT molecular complexity index is 2160. The molecule has 0 saturated heterocycles. The van der Waals surface area contributed by atoms with Gasteiger partial charge in [0.2, 0.25) is 0 Å². The van der Waals surface area contributed by atoms with E-state index in [9.17, 15) is 0 Å². The van der Waals surface area contributed by atoms with Gasteiger partial charge in [-0.15, -0.1) is 0 Å². The van der Waals surface area contributed by atoms with Crippen LogP contribution in [0.2, 0.25) is 0 Å². The Kier molecular flexibility index (Phi) is 4.88. The molecule has 0 heterocycles. The molecule has 1 nitrogen and oxygen atoms in total. The van der Waals surface area contributed by atoms with Gasteiger partial charge in [0.15, 0.2) is 0 Å². The standard InChI is InChI=1S/C41H27N/c1-2-10-27(11-3-1)28-18-20-31(21-19-28)42-32-22-23-39-36(26-32)34-15-7-9-17-38(34)41(39)37-16-8-6-14-33(37)35-24-29-12-4-5-13-30(29)25-40(35)41/h1-26,42H. The topological polar surface area (TPSA) is 12.0 Å². The average Bonchev–Trinajstić information content (AvgIpc) is 3.51. The number of rotatable bonds is 3. The lowest BCUT2D eigenvalue weighted by Crippen LogP contribution is -2.25. The third-order valence-corrected chi connectivity index (χ3v) is 9.24. The molecule has 1 N–H and O–H groups in total. The quantitative estimate of drug-likeness (QED) is 0.238. The molecule has 196 valence electrons. The van der Waals surface area contributed by atoms with Gasteiger partial charge in [0.1, 0.15) is 0 Å². The first kappa shape index (κ1) is 23.3. The summed E-state index contributed by atoms with van der Waals surface area (Å²) in [4.78, 5) is 0. The molecule has 2 aliphatic carbocycles. The minimum Gasteiger partial charge on any atom is -0.356 e. The lowest BCUT2D eigenvalue weighted by atomic mass is 9.70. The second kappa shape index (κ2) is 8.80. The Morgan fingerprint density at radius 3 is 1.57 bits per heavy atom. The lowest BCUT2D eigenvalue weighted by Gasteiger charge is -2.30. The molecule has 2 aliphatic rings. The first-order valence-electron chi connectivity index (χ1n) is 14.6. The molecule has 0 radical (unpaired) electrons. The van der Waals surface area contributed by atoms with Crippen LogP contribution in [0, 0.1) is 0 Å². The molecular weight excluding hydrogens is 506 g/mol. The van der Waals surface area contributed by atoms with Crippen LogP contribution in [0.25, 0.3) is 44.2 Å². The Labute approximate surface area is 245 Å². The Morgan fingerprint density at radius 1 is 0.333 bits per heavy atom. The molecule has 0 saturated carbocycles. The van der Waals surface area contributed by atoms with Gasteiger partial charge in [0.05, 0.1) is 5.41 Å². The van der Waals surface area contributed by atoms with E-state index in [1.165, 1.54) is 66.4 Å². The normalized spacial score (nSPS) is 15.7. The van der Waals surface area contributed by atoms with Crippen molar-refractivity contribution in [2.45, 2.75) is 5.41 Å². The van der Waals surface area contributed by atoms with Crippen molar-refractivity contribution in [2.75, 3.05) is 5.32 Å². The molecule has 0 aliphatic heterocycles. The molecule has 0 aromatic heterocycles. The molecule has 0 fully saturated rings. The summed E-state index contributed by atoms with van der Waals surface area (Å²) in [6.45, 7) is 0. The molecule has 1 atom stereocenters. The third kappa shape index (κ3) is 3.19. The van der Waals surface area contributed by atoms with Crippen LogP contribution in [-0.2, 0) is 5.41 Å². The Balaban J connectivity index is 1.21. The first-order chi connectivity index (χ1) is 20.8. The van der Waals surface area contributed by atoms with Gasteiger partial charge in [-0.2, -0.15) is 0 Å². The zero-order chi connectivity index (χ0) is 27.7. The van der Waals surface area contributed by atoms with Crippen LogP contribution in [0.4, 0.5) is 11.4 Å². The van der Waals surface area contributed by atoms with Gasteiger partial charge in [-0.25, -0.2) is 0 Å². The van der Waals surface area contributed by atoms with Crippen molar-refractivity contribution in [1.29, 1.82) is 0 Å². The van der Waals surface area contributed by atoms with E-state index in [0.29, 0.717) is 0 Å². The highest BCUT2D eigenvalue weighted by Crippen LogP contribution is 2.63. The van der Waals surface area contributed by atoms with E-state index in [0.717, 1.165) is 11.4 Å². The van der Waals surface area contributed by atoms with Gasteiger partial charge in [0, 0.05) is 11.4 Å². The van der Waals surface area contributed by atoms with Crippen molar-refractivity contribution in [1.82, 2.24) is 0 Å². The molecular formula is C41H27N. The summed E-state index contributed by atoms with van der Waals surface area (Å²) in [7, 11) is 0. The largest absolute Gasteiger partial charge is 0.356 e. The van der Waals surface area contributed by atoms with E-state index in [1.54, 1.807) is 0 Å². The second-order valence-electron chi connectivity index (χ2n) is 11.4. The highest BCUT2D eigenvalue weighted by atomic mass is 14.9. The molecule has 1 spiro atoms. The summed E-state index contributed by atoms with van der Waals surface area (Å²) >= 11 is 0. The van der Waals surface area contributed by atoms with Gasteiger partial charge < -0.3 is 5.32 Å². The van der Waals surface area contributed by atoms with Crippen LogP contribution in [-0.4, -0.2) is 0 Å². The molecule has 7 aromatic rings. The van der Waals surface area contributed by atoms with Crippen molar-refractivity contribution in [3.05, 3.63) is 180 Å². The maximum atomic E-state index is 3.68. The molecule has 7 aromatic carbocycles. The minimum atomic E-state index is -0.336. The van der Waals surface area contributed by atoms with Crippen LogP contribution in [0.5, 0.6) is 0 Å². The molecule has 0 bridgehead atoms. The number of nitrogens with one attached hydrogen (secondary N) is 1. The van der Waals surface area contributed by atoms with Crippen LogP contribution >= 0.6 is 0 Å². The van der Waals surface area contributed by atoms with E-state index >= 15 is 0 Å². The van der Waals surface area contributed by atoms with E-state index in [2.05, 4.69) is 163 Å². The van der Waals surface area contributed by atoms with Crippen molar-refractivity contribution >= 4 is 22.1 Å². The molecule has 1 unspecified atom stereocenters. The lowest BCUT2D eigenvalue weighted by molar-refractivity contribution is 0.795. The molecule has 42 heavy (non-hydrogen) atoms. The van der Waals surface area contributed by atoms with Crippen LogP contribution in [0.3, 0.4) is 0 Å². The van der Waals surface area contributed by atoms with E-state index < -0.39 is 0 Å². The number of fused-ring (bicyclic) bond motifs is 11. The molecule has 1 heteroatoms. The predicted molar refractivity (Wildman–Crippen MR) is 175 cm³/mol. The Hall–Kier alpha value is -5.40. The summed E-state index contributed by atoms with van der Waals surface area (Å²) < 4.78 is 0. The first-order valence-corrected chi connectivity index (χ1v) is 14.6. The summed E-state index contributed by atoms with van der Waals surface area (Å²) in [5.41, 5.74) is 15.1. The highest BCUT2D eigenvalue weighted by Gasteiger charge is 2.51. The van der Waals surface area contributed by atoms with E-state index in [4.69, 9.17) is 0 Å². The number of anilines is 2. The summed E-state index contributed by atoms with van der Waals surface area (Å²) in [5.74, 6) is 0. The van der Waals surface area contributed by atoms with Crippen molar-refractivity contribution < 1.29 is 0 Å². The fourth-order valence-corrected chi connectivity index (χ4v) is 7.45. The van der Waals surface area contributed by atoms with Crippen LogP contribution in [0.15, 0.2) is 158 Å². The number of hydrogen-bond donors (Lipinski definition) is 1. The summed E-state index contributed by atoms with van der Waals surface area (Å²) in [6.07, 6.45) is 0. The van der Waals surface area contributed by atoms with Gasteiger partial charge in [0.25, 0.3) is 0 Å². The van der Waals surface area contributed by atoms with E-state index in [-0.39, 0.29) is 5.41 Å². The summed E-state index contributed by atoms with van der Waals surface area (Å²) in [6, 6.07) is 57.8. The Morgan fingerprint density at radius 2 is 0.857 bits per heavy atom. The maximum absolute atomic E-state index is 3.68. The van der Waals surface area contributed by atoms with Crippen molar-refractivity contribution in [3.63, 3.8) is 0 Å². The number of benzene rings is 7. The second-order valence-corrected chi connectivity index (χ2v) is 11.4. The predicted octanol–water partition coefficient (Wildman–Crippen LogP) is 10.6. The minimum absolute atomic E-state index is 0.336. The monoisotopic (exact) mass is 533 g/mol. The zero-order valence-electron chi connectivity index (χ0n) is 23.0. The zero-order valence-corrected chi connectivity index (χ0v) is 23.0. The highest BCUT2D eigenvalue weighted by molar-refractivity contribution is 6.00. The van der Waals surface area contributed by atoms with Crippen LogP contribution < -0.4 is 5.32 Å². The van der Waals surface area contributed by atoms with E-state index in [1.807, 2.05) is 0 Å². The van der Waals surface area contributed by atoms with Crippen LogP contribution in [0.1, 0.15) is 22.3 Å². The fourth-order valence-electron chi connectivity index (χ4n) is 7.45. The van der Waals surface area contributed by atoms with Gasteiger partial charge in [-0.3, -0.25) is 0 Å². The van der Waals surface area contributed by atoms with Crippen molar-refractivity contribution in [3.8, 4) is 33.4 Å². The van der Waals surface area contributed by atoms with Gasteiger partial charge in [-0.1, -0.05) is 121 Å². The SMILES string of the molecule is c1ccc(-c2ccc(Nc3ccc4c(c3)-c3ccccc3C43c4ccccc4-c4cc5ccccc5cc43)cc2)cc1. The molecule has 9 rings (SSSR count). The average molecular weight is 534 g/mol. The number of hydrogen-bond acceptors (Lipinski definition) is 1. The van der Waals surface area contributed by atoms with Crippen molar-refractivity contribution in [2.24, 2.45) is 0 Å². The summed E-state index contributed by atoms with van der Waals surface area (Å²) in [5, 5.41) is 6.25.